The maximum atomic E-state index is 12.5. The Kier molecular flexibility index (Phi) is 6.24. The monoisotopic (exact) mass is 384 g/mol. The third kappa shape index (κ3) is 3.88. The molecule has 3 rings (SSSR count). The fourth-order valence-electron chi connectivity index (χ4n) is 3.45. The highest BCUT2D eigenvalue weighted by Gasteiger charge is 2.31. The van der Waals surface area contributed by atoms with E-state index < -0.39 is 0 Å². The lowest BCUT2D eigenvalue weighted by Crippen LogP contribution is -2.34. The van der Waals surface area contributed by atoms with Crippen molar-refractivity contribution in [2.24, 2.45) is 11.7 Å². The summed E-state index contributed by atoms with van der Waals surface area (Å²) in [5.41, 5.74) is 6.60. The molecule has 3 heterocycles. The van der Waals surface area contributed by atoms with Gasteiger partial charge in [-0.05, 0) is 45.2 Å². The van der Waals surface area contributed by atoms with Crippen LogP contribution in [0.3, 0.4) is 0 Å². The molecule has 1 amide bonds. The molecule has 138 valence electrons. The molecule has 25 heavy (non-hydrogen) atoms. The number of carbonyl (C=O) groups is 1. The quantitative estimate of drug-likeness (QED) is 0.844. The number of nitrogens with zero attached hydrogens (tertiary/aromatic N) is 2. The van der Waals surface area contributed by atoms with Gasteiger partial charge in [-0.25, -0.2) is 4.98 Å². The maximum absolute atomic E-state index is 12.5. The molecule has 6 nitrogen and oxygen atoms in total. The minimum atomic E-state index is -0.109. The van der Waals surface area contributed by atoms with Crippen molar-refractivity contribution in [1.29, 1.82) is 0 Å². The molecule has 1 aliphatic heterocycles. The van der Waals surface area contributed by atoms with E-state index in [1.165, 1.54) is 11.3 Å². The van der Waals surface area contributed by atoms with Crippen molar-refractivity contribution >= 4 is 39.9 Å². The van der Waals surface area contributed by atoms with Gasteiger partial charge in [0.1, 0.15) is 10.7 Å². The van der Waals surface area contributed by atoms with Crippen molar-refractivity contribution in [3.63, 3.8) is 0 Å². The number of halogens is 1. The highest BCUT2D eigenvalue weighted by molar-refractivity contribution is 7.18. The van der Waals surface area contributed by atoms with Gasteiger partial charge in [-0.2, -0.15) is 0 Å². The van der Waals surface area contributed by atoms with Crippen molar-refractivity contribution < 1.29 is 4.79 Å². The van der Waals surface area contributed by atoms with E-state index in [4.69, 9.17) is 5.73 Å². The first-order valence-corrected chi connectivity index (χ1v) is 9.20. The van der Waals surface area contributed by atoms with Crippen molar-refractivity contribution in [2.45, 2.75) is 46.1 Å². The number of amides is 1. The van der Waals surface area contributed by atoms with E-state index in [9.17, 15) is 9.59 Å². The Morgan fingerprint density at radius 3 is 2.80 bits per heavy atom. The van der Waals surface area contributed by atoms with Crippen molar-refractivity contribution in [3.05, 3.63) is 26.6 Å². The molecule has 1 saturated heterocycles. The lowest BCUT2D eigenvalue weighted by atomic mass is 10.1. The van der Waals surface area contributed by atoms with E-state index in [2.05, 4.69) is 16.9 Å². The van der Waals surface area contributed by atoms with Crippen molar-refractivity contribution in [2.75, 3.05) is 13.1 Å². The predicted molar refractivity (Wildman–Crippen MR) is 104 cm³/mol. The minimum Gasteiger partial charge on any atom is -0.340 e. The molecule has 0 radical (unpaired) electrons. The molecule has 0 aromatic carbocycles. The van der Waals surface area contributed by atoms with Gasteiger partial charge in [-0.3, -0.25) is 9.59 Å². The van der Waals surface area contributed by atoms with Gasteiger partial charge in [-0.15, -0.1) is 23.7 Å². The summed E-state index contributed by atoms with van der Waals surface area (Å²) < 4.78 is 0. The average Bonchev–Trinajstić information content (AvgIpc) is 3.05. The van der Waals surface area contributed by atoms with E-state index in [0.717, 1.165) is 28.2 Å². The largest absolute Gasteiger partial charge is 0.340 e. The normalized spacial score (nSPS) is 20.1. The van der Waals surface area contributed by atoms with Crippen LogP contribution in [0.5, 0.6) is 0 Å². The molecular formula is C17H25ClN4O2S. The first-order valence-electron chi connectivity index (χ1n) is 8.39. The minimum absolute atomic E-state index is 0. The fraction of sp³-hybridized carbons (Fsp3) is 0.588. The summed E-state index contributed by atoms with van der Waals surface area (Å²) in [7, 11) is 0. The number of nitrogens with one attached hydrogen (secondary N) is 1. The van der Waals surface area contributed by atoms with Gasteiger partial charge in [0.2, 0.25) is 5.91 Å². The lowest BCUT2D eigenvalue weighted by Gasteiger charge is -2.21. The second-order valence-corrected chi connectivity index (χ2v) is 7.91. The third-order valence-electron chi connectivity index (χ3n) is 4.98. The Hall–Kier alpha value is -1.44. The number of rotatable bonds is 4. The van der Waals surface area contributed by atoms with Gasteiger partial charge in [0.05, 0.1) is 5.39 Å². The van der Waals surface area contributed by atoms with Gasteiger partial charge in [0, 0.05) is 30.3 Å². The number of nitrogens with two attached hydrogens (primary N) is 1. The second-order valence-electron chi connectivity index (χ2n) is 6.71. The van der Waals surface area contributed by atoms with E-state index in [0.29, 0.717) is 36.5 Å². The molecule has 2 atom stereocenters. The lowest BCUT2D eigenvalue weighted by molar-refractivity contribution is -0.131. The van der Waals surface area contributed by atoms with E-state index in [1.54, 1.807) is 0 Å². The molecule has 1 aliphatic rings. The number of hydrogen-bond acceptors (Lipinski definition) is 5. The fourth-order valence-corrected chi connectivity index (χ4v) is 4.50. The van der Waals surface area contributed by atoms with Gasteiger partial charge in [-0.1, -0.05) is 0 Å². The van der Waals surface area contributed by atoms with E-state index in [-0.39, 0.29) is 29.9 Å². The number of carbonyl (C=O) groups excluding carboxylic acids is 1. The van der Waals surface area contributed by atoms with Crippen LogP contribution in [0.25, 0.3) is 10.2 Å². The van der Waals surface area contributed by atoms with Crippen LogP contribution in [-0.4, -0.2) is 39.9 Å². The molecule has 0 spiro atoms. The van der Waals surface area contributed by atoms with Gasteiger partial charge in [0.15, 0.2) is 0 Å². The molecule has 1 fully saturated rings. The Bertz CT molecular complexity index is 832. The summed E-state index contributed by atoms with van der Waals surface area (Å²) in [6.07, 6.45) is 1.78. The van der Waals surface area contributed by atoms with Crippen LogP contribution in [0, 0.1) is 19.8 Å². The van der Waals surface area contributed by atoms with Crippen LogP contribution in [-0.2, 0) is 11.2 Å². The Morgan fingerprint density at radius 1 is 1.44 bits per heavy atom. The highest BCUT2D eigenvalue weighted by atomic mass is 35.5. The van der Waals surface area contributed by atoms with Crippen LogP contribution in [0.15, 0.2) is 4.79 Å². The van der Waals surface area contributed by atoms with E-state index in [1.807, 2.05) is 18.7 Å². The van der Waals surface area contributed by atoms with E-state index >= 15 is 0 Å². The zero-order valence-electron chi connectivity index (χ0n) is 14.8. The van der Waals surface area contributed by atoms with Crippen LogP contribution >= 0.6 is 23.7 Å². The van der Waals surface area contributed by atoms with Crippen LogP contribution in [0.1, 0.15) is 36.0 Å². The van der Waals surface area contributed by atoms with Crippen molar-refractivity contribution in [1.82, 2.24) is 14.9 Å². The number of H-pyrrole nitrogens is 1. The number of aryl methyl sites for hydroxylation is 3. The second kappa shape index (κ2) is 7.85. The smallest absolute Gasteiger partial charge is 0.259 e. The van der Waals surface area contributed by atoms with Crippen LogP contribution < -0.4 is 11.3 Å². The van der Waals surface area contributed by atoms with Gasteiger partial charge < -0.3 is 15.6 Å². The first kappa shape index (κ1) is 19.9. The molecule has 2 aromatic rings. The summed E-state index contributed by atoms with van der Waals surface area (Å²) in [4.78, 5) is 35.9. The Labute approximate surface area is 157 Å². The molecule has 0 saturated carbocycles. The molecular weight excluding hydrogens is 360 g/mol. The van der Waals surface area contributed by atoms with Gasteiger partial charge in [0.25, 0.3) is 5.56 Å². The summed E-state index contributed by atoms with van der Waals surface area (Å²) in [5, 5.41) is 0.673. The predicted octanol–water partition coefficient (Wildman–Crippen LogP) is 2.15. The third-order valence-corrected chi connectivity index (χ3v) is 6.08. The summed E-state index contributed by atoms with van der Waals surface area (Å²) in [6, 6.07) is 0.239. The molecule has 3 N–H and O–H groups in total. The standard InChI is InChI=1S/C17H24N4O2S.ClH/c1-9-6-12(7-18)8-21(9)14(22)5-4-13-19-16(23)15-10(2)11(3)24-17(15)20-13;/h9,12H,4-8,18H2,1-3H3,(H,19,20,23);1H. The number of fused-ring (bicyclic) bond motifs is 1. The average molecular weight is 385 g/mol. The molecule has 0 aliphatic carbocycles. The summed E-state index contributed by atoms with van der Waals surface area (Å²) in [5.74, 6) is 1.10. The number of aromatic nitrogens is 2. The van der Waals surface area contributed by atoms with Crippen molar-refractivity contribution in [3.8, 4) is 0 Å². The molecule has 8 heteroatoms. The first-order chi connectivity index (χ1) is 11.4. The number of thiophene rings is 1. The number of likely N-dealkylation sites (tertiary alicyclic amines) is 1. The topological polar surface area (TPSA) is 92.1 Å². The Balaban J connectivity index is 0.00000225. The zero-order valence-corrected chi connectivity index (χ0v) is 16.4. The summed E-state index contributed by atoms with van der Waals surface area (Å²) >= 11 is 1.53. The SMILES string of the molecule is Cc1sc2nc(CCC(=O)N3CC(CN)CC3C)[nH]c(=O)c2c1C.Cl. The molecule has 2 aromatic heterocycles. The maximum Gasteiger partial charge on any atom is 0.259 e. The van der Waals surface area contributed by atoms with Crippen LogP contribution in [0.2, 0.25) is 0 Å². The highest BCUT2D eigenvalue weighted by Crippen LogP contribution is 2.26. The van der Waals surface area contributed by atoms with Gasteiger partial charge >= 0.3 is 0 Å². The zero-order chi connectivity index (χ0) is 17.4. The molecule has 2 unspecified atom stereocenters. The molecule has 0 bridgehead atoms. The summed E-state index contributed by atoms with van der Waals surface area (Å²) in [6.45, 7) is 7.36. The number of hydrogen-bond donors (Lipinski definition) is 2. The number of aromatic amines is 1. The Morgan fingerprint density at radius 2 is 2.16 bits per heavy atom. The van der Waals surface area contributed by atoms with Crippen LogP contribution in [0.4, 0.5) is 0 Å².